The highest BCUT2D eigenvalue weighted by molar-refractivity contribution is 7.19. The predicted octanol–water partition coefficient (Wildman–Crippen LogP) is 11.7. The number of phenols is 1. The van der Waals surface area contributed by atoms with Crippen molar-refractivity contribution in [3.05, 3.63) is 78.9 Å². The van der Waals surface area contributed by atoms with Crippen LogP contribution in [0.5, 0.6) is 5.75 Å². The number of rotatable bonds is 15. The average Bonchev–Trinajstić information content (AvgIpc) is 2.96. The number of para-hydroxylation sites is 1. The molecule has 2 heteroatoms. The van der Waals surface area contributed by atoms with E-state index in [-0.39, 0.29) is 0 Å². The lowest BCUT2D eigenvalue weighted by molar-refractivity contribution is 0.276. The zero-order valence-corrected chi connectivity index (χ0v) is 25.7. The third-order valence-corrected chi connectivity index (χ3v) is 8.87. The molecule has 0 aliphatic carbocycles. The van der Waals surface area contributed by atoms with Gasteiger partial charge in [0.1, 0.15) is 5.75 Å². The minimum absolute atomic E-state index is 0.333. The van der Waals surface area contributed by atoms with Crippen molar-refractivity contribution in [1.29, 1.82) is 0 Å². The summed E-state index contributed by atoms with van der Waals surface area (Å²) in [7, 11) is 3.32. The van der Waals surface area contributed by atoms with Crippen molar-refractivity contribution in [2.24, 2.45) is 5.92 Å². The Morgan fingerprint density at radius 1 is 0.579 bits per heavy atom. The molecule has 0 bridgehead atoms. The second-order valence-corrected chi connectivity index (χ2v) is 12.0. The molecule has 0 aliphatic rings. The van der Waals surface area contributed by atoms with E-state index >= 15 is 0 Å². The third kappa shape index (κ3) is 10.2. The Kier molecular flexibility index (Phi) is 15.4. The van der Waals surface area contributed by atoms with Crippen molar-refractivity contribution in [3.63, 3.8) is 0 Å². The van der Waals surface area contributed by atoms with Crippen LogP contribution in [0.25, 0.3) is 22.3 Å². The molecule has 3 aromatic rings. The van der Waals surface area contributed by atoms with Crippen LogP contribution in [-0.2, 0) is 0 Å². The van der Waals surface area contributed by atoms with Gasteiger partial charge in [0.2, 0.25) is 0 Å². The van der Waals surface area contributed by atoms with Gasteiger partial charge in [-0.1, -0.05) is 158 Å². The first-order chi connectivity index (χ1) is 18.5. The van der Waals surface area contributed by atoms with E-state index in [2.05, 4.69) is 36.9 Å². The molecule has 0 amide bonds. The van der Waals surface area contributed by atoms with E-state index in [9.17, 15) is 5.11 Å². The molecule has 208 valence electrons. The van der Waals surface area contributed by atoms with E-state index < -0.39 is 0 Å². The molecular weight excluding hydrogens is 479 g/mol. The Bertz CT molecular complexity index is 925. The van der Waals surface area contributed by atoms with E-state index in [0.29, 0.717) is 10.9 Å². The highest BCUT2D eigenvalue weighted by atomic mass is 31.0. The van der Waals surface area contributed by atoms with Crippen LogP contribution >= 0.6 is 9.24 Å². The quantitative estimate of drug-likeness (QED) is 0.193. The van der Waals surface area contributed by atoms with Crippen molar-refractivity contribution in [2.75, 3.05) is 0 Å². The summed E-state index contributed by atoms with van der Waals surface area (Å²) in [6, 6.07) is 25.7. The smallest absolute Gasteiger partial charge is 0.131 e. The first-order valence-corrected chi connectivity index (χ1v) is 15.8. The number of hydrogen-bond donors (Lipinski definition) is 1. The number of hydrogen-bond acceptors (Lipinski definition) is 1. The molecule has 3 aromatic carbocycles. The van der Waals surface area contributed by atoms with Gasteiger partial charge in [-0.2, -0.15) is 0 Å². The summed E-state index contributed by atoms with van der Waals surface area (Å²) in [5, 5.41) is 11.0. The maximum atomic E-state index is 10.5. The molecule has 38 heavy (non-hydrogen) atoms. The number of unbranched alkanes of at least 4 members (excludes halogenated alkanes) is 4. The van der Waals surface area contributed by atoms with Crippen LogP contribution in [0.4, 0.5) is 0 Å². The molecule has 3 rings (SSSR count). The van der Waals surface area contributed by atoms with Gasteiger partial charge in [-0.3, -0.25) is 0 Å². The fraction of sp³-hybridized carbons (Fsp3) is 0.500. The van der Waals surface area contributed by atoms with E-state index in [1.807, 2.05) is 78.9 Å². The lowest BCUT2D eigenvalue weighted by Crippen LogP contribution is -2.32. The molecule has 1 unspecified atom stereocenters. The zero-order chi connectivity index (χ0) is 27.6. The van der Waals surface area contributed by atoms with Crippen LogP contribution in [-0.4, -0.2) is 10.3 Å². The Morgan fingerprint density at radius 3 is 1.34 bits per heavy atom. The molecule has 1 N–H and O–H groups in total. The lowest BCUT2D eigenvalue weighted by atomic mass is 9.77. The van der Waals surface area contributed by atoms with E-state index in [0.717, 1.165) is 28.2 Å². The molecule has 0 spiro atoms. The monoisotopic (exact) mass is 532 g/mol. The van der Waals surface area contributed by atoms with Gasteiger partial charge in [0.05, 0.1) is 0 Å². The number of phenolic OH excluding ortho intramolecular Hbond substituents is 1. The Balaban J connectivity index is 0.000000267. The standard InChI is InChI=1S/C18H14O.C18H39P/c19-18-16(14-8-3-1-4-9-14)12-7-13-17(18)15-10-5-2-6-11-15;1-5-9-13-17(14-10-6-2)18(19,15-11-7-3)16-12-8-4/h1-13,19H;17H,5-16,19H2,1-4H3. The lowest BCUT2D eigenvalue weighted by Gasteiger charge is -2.38. The summed E-state index contributed by atoms with van der Waals surface area (Å²) in [5.41, 5.74) is 3.78. The van der Waals surface area contributed by atoms with Gasteiger partial charge in [0.15, 0.2) is 0 Å². The Labute approximate surface area is 236 Å². The van der Waals surface area contributed by atoms with Gasteiger partial charge in [0, 0.05) is 11.1 Å². The molecule has 0 radical (unpaired) electrons. The van der Waals surface area contributed by atoms with Gasteiger partial charge in [0.25, 0.3) is 0 Å². The summed E-state index contributed by atoms with van der Waals surface area (Å²) in [6.45, 7) is 9.33. The fourth-order valence-corrected chi connectivity index (χ4v) is 6.15. The second kappa shape index (κ2) is 18.2. The molecule has 0 saturated heterocycles. The third-order valence-electron chi connectivity index (χ3n) is 7.82. The van der Waals surface area contributed by atoms with Gasteiger partial charge in [-0.05, 0) is 47.9 Å². The summed E-state index contributed by atoms with van der Waals surface area (Å²) in [5.74, 6) is 1.27. The predicted molar refractivity (Wildman–Crippen MR) is 173 cm³/mol. The van der Waals surface area contributed by atoms with Crippen molar-refractivity contribution in [2.45, 2.75) is 110 Å². The summed E-state index contributed by atoms with van der Waals surface area (Å²) in [4.78, 5) is 0. The normalized spacial score (nSPS) is 11.3. The zero-order valence-electron chi connectivity index (χ0n) is 24.6. The Hall–Kier alpha value is -2.11. The van der Waals surface area contributed by atoms with Crippen LogP contribution in [0.2, 0.25) is 0 Å². The molecule has 0 fully saturated rings. The van der Waals surface area contributed by atoms with Gasteiger partial charge in [-0.25, -0.2) is 0 Å². The maximum absolute atomic E-state index is 10.5. The van der Waals surface area contributed by atoms with Crippen molar-refractivity contribution in [1.82, 2.24) is 0 Å². The van der Waals surface area contributed by atoms with Crippen molar-refractivity contribution in [3.8, 4) is 28.0 Å². The molecule has 0 heterocycles. The molecule has 0 aromatic heterocycles. The van der Waals surface area contributed by atoms with Crippen molar-refractivity contribution >= 4 is 9.24 Å². The van der Waals surface area contributed by atoms with E-state index in [4.69, 9.17) is 0 Å². The number of aromatic hydroxyl groups is 1. The first-order valence-electron chi connectivity index (χ1n) is 15.2. The second-order valence-electron chi connectivity index (χ2n) is 10.9. The first kappa shape index (κ1) is 32.1. The summed E-state index contributed by atoms with van der Waals surface area (Å²) >= 11 is 0. The van der Waals surface area contributed by atoms with Crippen molar-refractivity contribution < 1.29 is 5.11 Å². The molecule has 0 aliphatic heterocycles. The van der Waals surface area contributed by atoms with Crippen LogP contribution in [0.1, 0.15) is 105 Å². The fourth-order valence-electron chi connectivity index (χ4n) is 5.41. The van der Waals surface area contributed by atoms with Gasteiger partial charge < -0.3 is 5.11 Å². The van der Waals surface area contributed by atoms with Crippen LogP contribution in [0, 0.1) is 5.92 Å². The molecule has 1 atom stereocenters. The van der Waals surface area contributed by atoms with Crippen LogP contribution in [0.15, 0.2) is 78.9 Å². The van der Waals surface area contributed by atoms with Crippen LogP contribution < -0.4 is 0 Å². The van der Waals surface area contributed by atoms with Gasteiger partial charge in [-0.15, -0.1) is 9.24 Å². The van der Waals surface area contributed by atoms with E-state index in [1.54, 1.807) is 0 Å². The highest BCUT2D eigenvalue weighted by Gasteiger charge is 2.32. The summed E-state index contributed by atoms with van der Waals surface area (Å²) < 4.78 is 0. The number of benzene rings is 3. The Morgan fingerprint density at radius 2 is 0.974 bits per heavy atom. The minimum Gasteiger partial charge on any atom is -0.507 e. The van der Waals surface area contributed by atoms with Crippen LogP contribution in [0.3, 0.4) is 0 Å². The summed E-state index contributed by atoms with van der Waals surface area (Å²) in [6.07, 6.45) is 16.8. The largest absolute Gasteiger partial charge is 0.507 e. The SMILES string of the molecule is CCCCC(CCCC)C(P)(CCCC)CCCC.Oc1c(-c2ccccc2)cccc1-c1ccccc1. The molecular formula is C36H53OP. The maximum Gasteiger partial charge on any atom is 0.131 e. The van der Waals surface area contributed by atoms with Gasteiger partial charge >= 0.3 is 0 Å². The topological polar surface area (TPSA) is 20.2 Å². The molecule has 1 nitrogen and oxygen atoms in total. The van der Waals surface area contributed by atoms with E-state index in [1.165, 1.54) is 77.0 Å². The average molecular weight is 533 g/mol. The minimum atomic E-state index is 0.333. The molecule has 0 saturated carbocycles. The highest BCUT2D eigenvalue weighted by Crippen LogP contribution is 2.43.